The van der Waals surface area contributed by atoms with Crippen molar-refractivity contribution in [1.29, 1.82) is 0 Å². The Labute approximate surface area is 66.2 Å². The number of hydrogen-bond donors (Lipinski definition) is 1. The number of nitrogens with one attached hydrogen (secondary N) is 1. The molecule has 1 saturated heterocycles. The van der Waals surface area contributed by atoms with Crippen LogP contribution in [0.25, 0.3) is 0 Å². The van der Waals surface area contributed by atoms with Crippen molar-refractivity contribution < 1.29 is 9.59 Å². The third-order valence-electron chi connectivity index (χ3n) is 2.17. The Balaban J connectivity index is 2.51. The standard InChI is InChI=1S/C8H13NO2/c1-3-5-7(6(10)4-2)9-8(5)11/h5,7H,3-4H2,1-2H3,(H,9,11)/t5-,7+/m1/s1. The number of carbonyl (C=O) groups excluding carboxylic acids is 2. The molecule has 11 heavy (non-hydrogen) atoms. The molecule has 0 aromatic carbocycles. The molecule has 0 spiro atoms. The lowest BCUT2D eigenvalue weighted by Gasteiger charge is -2.34. The Morgan fingerprint density at radius 2 is 2.18 bits per heavy atom. The topological polar surface area (TPSA) is 46.2 Å². The van der Waals surface area contributed by atoms with Gasteiger partial charge < -0.3 is 5.32 Å². The second-order valence-corrected chi connectivity index (χ2v) is 2.82. The molecular weight excluding hydrogens is 142 g/mol. The van der Waals surface area contributed by atoms with E-state index < -0.39 is 0 Å². The van der Waals surface area contributed by atoms with Gasteiger partial charge in [-0.25, -0.2) is 0 Å². The van der Waals surface area contributed by atoms with Gasteiger partial charge in [-0.05, 0) is 6.42 Å². The maximum absolute atomic E-state index is 11.1. The molecule has 0 aromatic heterocycles. The summed E-state index contributed by atoms with van der Waals surface area (Å²) in [5.74, 6) is 0.123. The Morgan fingerprint density at radius 1 is 1.55 bits per heavy atom. The highest BCUT2D eigenvalue weighted by Crippen LogP contribution is 2.19. The van der Waals surface area contributed by atoms with Gasteiger partial charge in [-0.3, -0.25) is 9.59 Å². The molecule has 1 amide bonds. The first-order valence-corrected chi connectivity index (χ1v) is 4.03. The molecule has 1 aliphatic heterocycles. The van der Waals surface area contributed by atoms with Crippen molar-refractivity contribution in [3.8, 4) is 0 Å². The van der Waals surface area contributed by atoms with E-state index in [4.69, 9.17) is 0 Å². The van der Waals surface area contributed by atoms with E-state index in [0.717, 1.165) is 6.42 Å². The second kappa shape index (κ2) is 3.03. The van der Waals surface area contributed by atoms with Crippen molar-refractivity contribution in [1.82, 2.24) is 5.32 Å². The van der Waals surface area contributed by atoms with Gasteiger partial charge in [0.25, 0.3) is 0 Å². The van der Waals surface area contributed by atoms with Gasteiger partial charge in [0.2, 0.25) is 5.91 Å². The predicted octanol–water partition coefficient (Wildman–Crippen LogP) is 0.490. The molecule has 1 fully saturated rings. The normalized spacial score (nSPS) is 29.1. The summed E-state index contributed by atoms with van der Waals surface area (Å²) in [6.07, 6.45) is 1.28. The lowest BCUT2D eigenvalue weighted by Crippen LogP contribution is -2.61. The van der Waals surface area contributed by atoms with Gasteiger partial charge in [0, 0.05) is 6.42 Å². The minimum absolute atomic E-state index is 0.0271. The van der Waals surface area contributed by atoms with E-state index in [1.165, 1.54) is 0 Å². The number of β-lactam (4-membered cyclic amide) rings is 1. The zero-order valence-corrected chi connectivity index (χ0v) is 6.89. The largest absolute Gasteiger partial charge is 0.345 e. The summed E-state index contributed by atoms with van der Waals surface area (Å²) >= 11 is 0. The van der Waals surface area contributed by atoms with Gasteiger partial charge in [0.05, 0.1) is 12.0 Å². The van der Waals surface area contributed by atoms with Gasteiger partial charge in [-0.2, -0.15) is 0 Å². The van der Waals surface area contributed by atoms with Crippen molar-refractivity contribution >= 4 is 11.7 Å². The summed E-state index contributed by atoms with van der Waals surface area (Å²) in [6, 6.07) is -0.183. The maximum atomic E-state index is 11.1. The molecule has 0 unspecified atom stereocenters. The lowest BCUT2D eigenvalue weighted by molar-refractivity contribution is -0.142. The van der Waals surface area contributed by atoms with E-state index in [2.05, 4.69) is 5.32 Å². The van der Waals surface area contributed by atoms with Gasteiger partial charge in [-0.15, -0.1) is 0 Å². The van der Waals surface area contributed by atoms with Crippen molar-refractivity contribution in [2.45, 2.75) is 32.7 Å². The molecule has 1 heterocycles. The molecule has 62 valence electrons. The van der Waals surface area contributed by atoms with Crippen LogP contribution >= 0.6 is 0 Å². The van der Waals surface area contributed by atoms with Crippen molar-refractivity contribution in [2.24, 2.45) is 5.92 Å². The molecule has 3 nitrogen and oxygen atoms in total. The smallest absolute Gasteiger partial charge is 0.226 e. The average molecular weight is 155 g/mol. The van der Waals surface area contributed by atoms with Crippen LogP contribution in [0.1, 0.15) is 26.7 Å². The summed E-state index contributed by atoms with van der Waals surface area (Å²) in [5.41, 5.74) is 0. The number of carbonyl (C=O) groups is 2. The maximum Gasteiger partial charge on any atom is 0.226 e. The van der Waals surface area contributed by atoms with Crippen LogP contribution in [-0.4, -0.2) is 17.7 Å². The van der Waals surface area contributed by atoms with Gasteiger partial charge in [0.1, 0.15) is 0 Å². The van der Waals surface area contributed by atoms with Crippen LogP contribution in [-0.2, 0) is 9.59 Å². The predicted molar refractivity (Wildman–Crippen MR) is 41.0 cm³/mol. The van der Waals surface area contributed by atoms with E-state index in [-0.39, 0.29) is 23.7 Å². The highest BCUT2D eigenvalue weighted by molar-refractivity contribution is 5.99. The van der Waals surface area contributed by atoms with Crippen LogP contribution in [0, 0.1) is 5.92 Å². The van der Waals surface area contributed by atoms with E-state index in [1.807, 2.05) is 13.8 Å². The van der Waals surface area contributed by atoms with Crippen molar-refractivity contribution in [3.63, 3.8) is 0 Å². The summed E-state index contributed by atoms with van der Waals surface area (Å²) in [5, 5.41) is 2.61. The molecule has 1 aliphatic rings. The van der Waals surface area contributed by atoms with Crippen LogP contribution in [0.2, 0.25) is 0 Å². The fraction of sp³-hybridized carbons (Fsp3) is 0.750. The summed E-state index contributed by atoms with van der Waals surface area (Å²) in [7, 11) is 0. The molecule has 3 heteroatoms. The number of Topliss-reactive ketones (excluding diaryl/α,β-unsaturated/α-hetero) is 1. The molecular formula is C8H13NO2. The van der Waals surface area contributed by atoms with Gasteiger partial charge in [0.15, 0.2) is 5.78 Å². The zero-order valence-electron chi connectivity index (χ0n) is 6.89. The Hall–Kier alpha value is -0.860. The molecule has 0 aromatic rings. The quantitative estimate of drug-likeness (QED) is 0.603. The second-order valence-electron chi connectivity index (χ2n) is 2.82. The van der Waals surface area contributed by atoms with Gasteiger partial charge >= 0.3 is 0 Å². The molecule has 0 saturated carbocycles. The minimum Gasteiger partial charge on any atom is -0.345 e. The Morgan fingerprint density at radius 3 is 2.55 bits per heavy atom. The number of amides is 1. The first-order valence-electron chi connectivity index (χ1n) is 4.03. The first kappa shape index (κ1) is 8.24. The first-order chi connectivity index (χ1) is 5.20. The van der Waals surface area contributed by atoms with Crippen LogP contribution in [0.3, 0.4) is 0 Å². The van der Waals surface area contributed by atoms with Crippen molar-refractivity contribution in [3.05, 3.63) is 0 Å². The molecule has 1 N–H and O–H groups in total. The van der Waals surface area contributed by atoms with E-state index in [0.29, 0.717) is 6.42 Å². The Bertz CT molecular complexity index is 189. The van der Waals surface area contributed by atoms with E-state index >= 15 is 0 Å². The summed E-state index contributed by atoms with van der Waals surface area (Å²) in [4.78, 5) is 21.9. The van der Waals surface area contributed by atoms with Crippen LogP contribution in [0.5, 0.6) is 0 Å². The zero-order chi connectivity index (χ0) is 8.43. The lowest BCUT2D eigenvalue weighted by atomic mass is 9.85. The average Bonchev–Trinajstić information content (AvgIpc) is 1.99. The SMILES string of the molecule is CCC(=O)[C@H]1NC(=O)[C@@H]1CC. The fourth-order valence-electron chi connectivity index (χ4n) is 1.36. The molecule has 2 atom stereocenters. The molecule has 0 aliphatic carbocycles. The number of ketones is 1. The van der Waals surface area contributed by atoms with Crippen LogP contribution < -0.4 is 5.32 Å². The minimum atomic E-state index is -0.183. The van der Waals surface area contributed by atoms with E-state index in [1.54, 1.807) is 0 Å². The third-order valence-corrected chi connectivity index (χ3v) is 2.17. The third kappa shape index (κ3) is 1.27. The van der Waals surface area contributed by atoms with Crippen molar-refractivity contribution in [2.75, 3.05) is 0 Å². The number of hydrogen-bond acceptors (Lipinski definition) is 2. The highest BCUT2D eigenvalue weighted by atomic mass is 16.2. The monoisotopic (exact) mass is 155 g/mol. The van der Waals surface area contributed by atoms with Gasteiger partial charge in [-0.1, -0.05) is 13.8 Å². The molecule has 0 radical (unpaired) electrons. The Kier molecular flexibility index (Phi) is 2.27. The highest BCUT2D eigenvalue weighted by Gasteiger charge is 2.41. The van der Waals surface area contributed by atoms with E-state index in [9.17, 15) is 9.59 Å². The molecule has 1 rings (SSSR count). The number of rotatable bonds is 3. The fourth-order valence-corrected chi connectivity index (χ4v) is 1.36. The van der Waals surface area contributed by atoms with Crippen LogP contribution in [0.15, 0.2) is 0 Å². The summed E-state index contributed by atoms with van der Waals surface area (Å²) in [6.45, 7) is 3.75. The van der Waals surface area contributed by atoms with Crippen LogP contribution in [0.4, 0.5) is 0 Å². The summed E-state index contributed by atoms with van der Waals surface area (Å²) < 4.78 is 0. The molecule has 0 bridgehead atoms.